The van der Waals surface area contributed by atoms with E-state index in [1.54, 1.807) is 17.4 Å². The van der Waals surface area contributed by atoms with Crippen LogP contribution in [0.5, 0.6) is 0 Å². The van der Waals surface area contributed by atoms with E-state index in [1.807, 2.05) is 35.7 Å². The predicted octanol–water partition coefficient (Wildman–Crippen LogP) is 2.32. The summed E-state index contributed by atoms with van der Waals surface area (Å²) >= 11 is 1.60. The van der Waals surface area contributed by atoms with Crippen LogP contribution in [-0.4, -0.2) is 58.3 Å². The number of aromatic nitrogens is 1. The van der Waals surface area contributed by atoms with Crippen molar-refractivity contribution in [3.63, 3.8) is 0 Å². The van der Waals surface area contributed by atoms with Crippen LogP contribution >= 0.6 is 11.3 Å². The molecule has 2 aromatic rings. The number of carbonyl (C=O) groups excluding carboxylic acids is 1. The molecule has 1 amide bonds. The lowest BCUT2D eigenvalue weighted by Crippen LogP contribution is -2.47. The summed E-state index contributed by atoms with van der Waals surface area (Å²) in [5, 5.41) is 7.06. The Labute approximate surface area is 194 Å². The Balaban J connectivity index is 1.88. The molecule has 0 aromatic carbocycles. The molecule has 1 aliphatic rings. The molecule has 0 spiro atoms. The van der Waals surface area contributed by atoms with Gasteiger partial charge in [-0.3, -0.25) is 9.10 Å². The number of sulfonamides is 1. The second kappa shape index (κ2) is 9.76. The van der Waals surface area contributed by atoms with Crippen molar-refractivity contribution in [1.82, 2.24) is 10.3 Å². The van der Waals surface area contributed by atoms with Crippen molar-refractivity contribution in [2.24, 2.45) is 17.6 Å². The molecule has 0 saturated heterocycles. The number of amides is 1. The minimum Gasteiger partial charge on any atom is -0.359 e. The highest BCUT2D eigenvalue weighted by Gasteiger charge is 2.33. The van der Waals surface area contributed by atoms with Crippen molar-refractivity contribution in [3.05, 3.63) is 40.1 Å². The summed E-state index contributed by atoms with van der Waals surface area (Å²) in [4.78, 5) is 19.7. The van der Waals surface area contributed by atoms with Crippen LogP contribution in [0.25, 0.3) is 0 Å². The molecule has 2 heterocycles. The van der Waals surface area contributed by atoms with Crippen LogP contribution in [0.1, 0.15) is 36.2 Å². The van der Waals surface area contributed by atoms with Gasteiger partial charge < -0.3 is 16.0 Å². The molecule has 2 aromatic heterocycles. The van der Waals surface area contributed by atoms with Crippen molar-refractivity contribution in [1.29, 1.82) is 0 Å². The van der Waals surface area contributed by atoms with Crippen molar-refractivity contribution >= 4 is 38.9 Å². The second-order valence-corrected chi connectivity index (χ2v) is 11.7. The van der Waals surface area contributed by atoms with E-state index in [2.05, 4.69) is 17.2 Å². The number of hydrogen-bond acceptors (Lipinski definition) is 7. The van der Waals surface area contributed by atoms with Crippen LogP contribution in [0.3, 0.4) is 0 Å². The summed E-state index contributed by atoms with van der Waals surface area (Å²) in [6, 6.07) is 4.73. The smallest absolute Gasteiger partial charge is 0.251 e. The summed E-state index contributed by atoms with van der Waals surface area (Å²) in [6.45, 7) is 4.88. The maximum Gasteiger partial charge on any atom is 0.251 e. The number of nitrogens with one attached hydrogen (secondary N) is 1. The minimum absolute atomic E-state index is 0.209. The van der Waals surface area contributed by atoms with Gasteiger partial charge in [0, 0.05) is 38.3 Å². The number of hydrogen-bond donors (Lipinski definition) is 2. The number of carbonyl (C=O) groups is 1. The van der Waals surface area contributed by atoms with Gasteiger partial charge in [0.1, 0.15) is 11.6 Å². The Kier molecular flexibility index (Phi) is 7.46. The Morgan fingerprint density at radius 3 is 2.53 bits per heavy atom. The first-order valence-corrected chi connectivity index (χ1v) is 13.5. The van der Waals surface area contributed by atoms with Crippen molar-refractivity contribution in [3.8, 4) is 0 Å². The first-order valence-electron chi connectivity index (χ1n) is 10.7. The predicted molar refractivity (Wildman–Crippen MR) is 131 cm³/mol. The lowest BCUT2D eigenvalue weighted by molar-refractivity contribution is 0.0932. The van der Waals surface area contributed by atoms with Crippen molar-refractivity contribution in [2.45, 2.75) is 38.8 Å². The molecule has 3 rings (SSSR count). The molecule has 1 fully saturated rings. The first kappa shape index (κ1) is 24.5. The lowest BCUT2D eigenvalue weighted by atomic mass is 10.0. The van der Waals surface area contributed by atoms with Gasteiger partial charge in [-0.05, 0) is 66.1 Å². The van der Waals surface area contributed by atoms with E-state index in [0.717, 1.165) is 22.7 Å². The van der Waals surface area contributed by atoms with Crippen LogP contribution < -0.4 is 20.3 Å². The third-order valence-electron chi connectivity index (χ3n) is 6.04. The summed E-state index contributed by atoms with van der Waals surface area (Å²) in [6.07, 6.45) is 2.91. The fourth-order valence-electron chi connectivity index (χ4n) is 3.54. The highest BCUT2D eigenvalue weighted by molar-refractivity contribution is 7.92. The largest absolute Gasteiger partial charge is 0.359 e. The van der Waals surface area contributed by atoms with E-state index < -0.39 is 10.0 Å². The number of nitrogens with zero attached hydrogens (tertiary/aromatic N) is 3. The third-order valence-corrected chi connectivity index (χ3v) is 7.96. The zero-order chi connectivity index (χ0) is 23.6. The number of anilines is 2. The van der Waals surface area contributed by atoms with Crippen LogP contribution in [0.15, 0.2) is 29.0 Å². The molecule has 10 heteroatoms. The van der Waals surface area contributed by atoms with Gasteiger partial charge in [-0.1, -0.05) is 6.92 Å². The zero-order valence-electron chi connectivity index (χ0n) is 19.3. The molecule has 3 N–H and O–H groups in total. The van der Waals surface area contributed by atoms with E-state index >= 15 is 0 Å². The zero-order valence-corrected chi connectivity index (χ0v) is 20.9. The van der Waals surface area contributed by atoms with Crippen molar-refractivity contribution in [2.75, 3.05) is 36.1 Å². The van der Waals surface area contributed by atoms with Gasteiger partial charge in [-0.15, -0.1) is 0 Å². The molecule has 0 bridgehead atoms. The minimum atomic E-state index is -3.53. The van der Waals surface area contributed by atoms with E-state index in [1.165, 1.54) is 19.5 Å². The topological polar surface area (TPSA) is 109 Å². The third kappa shape index (κ3) is 6.20. The van der Waals surface area contributed by atoms with E-state index in [0.29, 0.717) is 29.6 Å². The molecular weight excluding hydrogens is 446 g/mol. The Morgan fingerprint density at radius 2 is 2.00 bits per heavy atom. The van der Waals surface area contributed by atoms with Crippen LogP contribution in [0.4, 0.5) is 11.6 Å². The normalized spacial score (nSPS) is 19.8. The average Bonchev–Trinajstić information content (AvgIpc) is 3.17. The maximum absolute atomic E-state index is 13.2. The van der Waals surface area contributed by atoms with E-state index in [4.69, 9.17) is 5.73 Å². The van der Waals surface area contributed by atoms with Crippen LogP contribution in [0, 0.1) is 11.8 Å². The van der Waals surface area contributed by atoms with Crippen LogP contribution in [0.2, 0.25) is 0 Å². The molecule has 1 saturated carbocycles. The standard InChI is InChI=1S/C22H33N5O3S2/c1-14-8-18(14)12-26(3)20-10-17(11-21(25-20)27(4)32(5,29)30)22(28)24-19(15(2)23)9-16-6-7-31-13-16/h6-7,10-11,13-15,18-19H,8-9,12,23H2,1-5H3,(H,24,28)/t14?,15-,18?,19-/m0/s1. The lowest BCUT2D eigenvalue weighted by Gasteiger charge is -2.24. The molecular formula is C22H33N5O3S2. The fourth-order valence-corrected chi connectivity index (χ4v) is 4.66. The summed E-state index contributed by atoms with van der Waals surface area (Å²) in [7, 11) is -0.174. The van der Waals surface area contributed by atoms with E-state index in [-0.39, 0.29) is 23.8 Å². The van der Waals surface area contributed by atoms with Gasteiger partial charge in [0.15, 0.2) is 0 Å². The SMILES string of the molecule is CC1CC1CN(C)c1cc(C(=O)N[C@@H](Cc2ccsc2)[C@H](C)N)cc(N(C)S(C)(=O)=O)n1. The average molecular weight is 480 g/mol. The number of nitrogens with two attached hydrogens (primary N) is 1. The molecule has 4 atom stereocenters. The highest BCUT2D eigenvalue weighted by Crippen LogP contribution is 2.38. The molecule has 8 nitrogen and oxygen atoms in total. The molecule has 1 aliphatic carbocycles. The summed E-state index contributed by atoms with van der Waals surface area (Å²) in [5.41, 5.74) is 7.62. The Bertz CT molecular complexity index is 1040. The molecule has 0 aliphatic heterocycles. The Morgan fingerprint density at radius 1 is 1.34 bits per heavy atom. The molecule has 0 radical (unpaired) electrons. The van der Waals surface area contributed by atoms with Gasteiger partial charge in [0.25, 0.3) is 5.91 Å². The highest BCUT2D eigenvalue weighted by atomic mass is 32.2. The monoisotopic (exact) mass is 479 g/mol. The van der Waals surface area contributed by atoms with Gasteiger partial charge in [-0.2, -0.15) is 11.3 Å². The summed E-state index contributed by atoms with van der Waals surface area (Å²) in [5.74, 6) is 1.73. The number of thiophene rings is 1. The maximum atomic E-state index is 13.2. The van der Waals surface area contributed by atoms with Gasteiger partial charge in [0.2, 0.25) is 10.0 Å². The van der Waals surface area contributed by atoms with Gasteiger partial charge in [-0.25, -0.2) is 13.4 Å². The Hall–Kier alpha value is -2.17. The quantitative estimate of drug-likeness (QED) is 0.541. The molecule has 176 valence electrons. The van der Waals surface area contributed by atoms with Crippen molar-refractivity contribution < 1.29 is 13.2 Å². The van der Waals surface area contributed by atoms with Crippen LogP contribution in [-0.2, 0) is 16.4 Å². The molecule has 2 unspecified atom stereocenters. The van der Waals surface area contributed by atoms with Gasteiger partial charge >= 0.3 is 0 Å². The number of rotatable bonds is 10. The fraction of sp³-hybridized carbons (Fsp3) is 0.545. The van der Waals surface area contributed by atoms with E-state index in [9.17, 15) is 13.2 Å². The second-order valence-electron chi connectivity index (χ2n) is 8.93. The first-order chi connectivity index (χ1) is 15.0. The number of pyridine rings is 1. The summed E-state index contributed by atoms with van der Waals surface area (Å²) < 4.78 is 25.3. The van der Waals surface area contributed by atoms with Gasteiger partial charge in [0.05, 0.1) is 6.26 Å². The molecule has 32 heavy (non-hydrogen) atoms.